The third-order valence-electron chi connectivity index (χ3n) is 5.51. The predicted octanol–water partition coefficient (Wildman–Crippen LogP) is 2.33. The van der Waals surface area contributed by atoms with Crippen molar-refractivity contribution in [1.29, 1.82) is 0 Å². The Morgan fingerprint density at radius 2 is 1.74 bits per heavy atom. The number of nitrogens with two attached hydrogens (primary N) is 2. The fourth-order valence-corrected chi connectivity index (χ4v) is 4.13. The number of primary amides is 1. The SMILES string of the molecule is CN(C(=O)/C=C/CC(C)(C)N)[C@H](COCc1ccccc1)C(=O)N(C)[C@H](Cc1cccs1)C(N)=O. The maximum absolute atomic E-state index is 13.5. The van der Waals surface area contributed by atoms with Gasteiger partial charge in [-0.05, 0) is 43.4 Å². The molecule has 0 aliphatic carbocycles. The molecule has 0 radical (unpaired) electrons. The zero-order chi connectivity index (χ0) is 26.0. The molecule has 0 fully saturated rings. The third-order valence-corrected chi connectivity index (χ3v) is 6.41. The lowest BCUT2D eigenvalue weighted by atomic mass is 10.0. The summed E-state index contributed by atoms with van der Waals surface area (Å²) >= 11 is 1.49. The monoisotopic (exact) mass is 500 g/mol. The number of carbonyl (C=O) groups excluding carboxylic acids is 3. The Kier molecular flexibility index (Phi) is 10.6. The Balaban J connectivity index is 2.19. The van der Waals surface area contributed by atoms with E-state index in [1.54, 1.807) is 13.1 Å². The second-order valence-electron chi connectivity index (χ2n) is 9.21. The maximum atomic E-state index is 13.5. The van der Waals surface area contributed by atoms with Gasteiger partial charge in [0.2, 0.25) is 17.7 Å². The van der Waals surface area contributed by atoms with Gasteiger partial charge in [0.15, 0.2) is 0 Å². The summed E-state index contributed by atoms with van der Waals surface area (Å²) in [5.41, 5.74) is 12.1. The third kappa shape index (κ3) is 9.28. The average molecular weight is 501 g/mol. The highest BCUT2D eigenvalue weighted by molar-refractivity contribution is 7.09. The smallest absolute Gasteiger partial charge is 0.248 e. The van der Waals surface area contributed by atoms with E-state index in [1.165, 1.54) is 34.3 Å². The second kappa shape index (κ2) is 13.2. The lowest BCUT2D eigenvalue weighted by molar-refractivity contribution is -0.148. The number of nitrogens with zero attached hydrogens (tertiary/aromatic N) is 2. The summed E-state index contributed by atoms with van der Waals surface area (Å²) in [5.74, 6) is -1.41. The van der Waals surface area contributed by atoms with Crippen LogP contribution in [0.25, 0.3) is 0 Å². The lowest BCUT2D eigenvalue weighted by Crippen LogP contribution is -2.55. The number of benzene rings is 1. The van der Waals surface area contributed by atoms with Crippen molar-refractivity contribution in [1.82, 2.24) is 9.80 Å². The highest BCUT2D eigenvalue weighted by Gasteiger charge is 2.34. The Morgan fingerprint density at radius 3 is 2.31 bits per heavy atom. The molecule has 9 heteroatoms. The number of carbonyl (C=O) groups is 3. The molecule has 8 nitrogen and oxygen atoms in total. The number of thiophene rings is 1. The summed E-state index contributed by atoms with van der Waals surface area (Å²) in [6, 6.07) is 11.5. The van der Waals surface area contributed by atoms with Crippen molar-refractivity contribution < 1.29 is 19.1 Å². The first-order chi connectivity index (χ1) is 16.5. The molecule has 35 heavy (non-hydrogen) atoms. The van der Waals surface area contributed by atoms with Gasteiger partial charge < -0.3 is 26.0 Å². The van der Waals surface area contributed by atoms with Gasteiger partial charge in [0.05, 0.1) is 13.2 Å². The van der Waals surface area contributed by atoms with Crippen molar-refractivity contribution in [2.24, 2.45) is 11.5 Å². The summed E-state index contributed by atoms with van der Waals surface area (Å²) in [6.45, 7) is 3.96. The molecule has 3 amide bonds. The molecule has 1 aromatic heterocycles. The highest BCUT2D eigenvalue weighted by Crippen LogP contribution is 2.16. The molecule has 0 saturated carbocycles. The molecule has 0 spiro atoms. The van der Waals surface area contributed by atoms with E-state index in [2.05, 4.69) is 0 Å². The molecule has 0 unspecified atom stereocenters. The fourth-order valence-electron chi connectivity index (χ4n) is 3.38. The van der Waals surface area contributed by atoms with Crippen molar-refractivity contribution in [3.63, 3.8) is 0 Å². The second-order valence-corrected chi connectivity index (χ2v) is 10.2. The quantitative estimate of drug-likeness (QED) is 0.409. The van der Waals surface area contributed by atoms with E-state index < -0.39 is 29.4 Å². The van der Waals surface area contributed by atoms with Gasteiger partial charge in [-0.3, -0.25) is 14.4 Å². The molecule has 0 bridgehead atoms. The highest BCUT2D eigenvalue weighted by atomic mass is 32.1. The minimum absolute atomic E-state index is 0.0407. The molecular weight excluding hydrogens is 464 g/mol. The van der Waals surface area contributed by atoms with E-state index in [0.29, 0.717) is 12.8 Å². The van der Waals surface area contributed by atoms with Gasteiger partial charge >= 0.3 is 0 Å². The van der Waals surface area contributed by atoms with Gasteiger partial charge in [-0.15, -0.1) is 11.3 Å². The van der Waals surface area contributed by atoms with Gasteiger partial charge in [0, 0.05) is 30.9 Å². The van der Waals surface area contributed by atoms with E-state index in [-0.39, 0.29) is 19.1 Å². The van der Waals surface area contributed by atoms with Gasteiger partial charge in [-0.2, -0.15) is 0 Å². The molecule has 190 valence electrons. The average Bonchev–Trinajstić information content (AvgIpc) is 3.32. The van der Waals surface area contributed by atoms with Gasteiger partial charge in [-0.1, -0.05) is 42.5 Å². The van der Waals surface area contributed by atoms with Crippen molar-refractivity contribution in [3.8, 4) is 0 Å². The summed E-state index contributed by atoms with van der Waals surface area (Å²) < 4.78 is 5.83. The summed E-state index contributed by atoms with van der Waals surface area (Å²) in [4.78, 5) is 42.2. The Hall–Kier alpha value is -3.01. The molecular formula is C26H36N4O4S. The Morgan fingerprint density at radius 1 is 1.06 bits per heavy atom. The van der Waals surface area contributed by atoms with Crippen LogP contribution in [0.3, 0.4) is 0 Å². The topological polar surface area (TPSA) is 119 Å². The number of likely N-dealkylation sites (N-methyl/N-ethyl adjacent to an activating group) is 2. The first-order valence-electron chi connectivity index (χ1n) is 11.4. The summed E-state index contributed by atoms with van der Waals surface area (Å²) in [5, 5.41) is 1.90. The van der Waals surface area contributed by atoms with Crippen LogP contribution in [0.15, 0.2) is 60.0 Å². The summed E-state index contributed by atoms with van der Waals surface area (Å²) in [7, 11) is 3.07. The first-order valence-corrected chi connectivity index (χ1v) is 12.3. The number of hydrogen-bond acceptors (Lipinski definition) is 6. The molecule has 1 aromatic carbocycles. The van der Waals surface area contributed by atoms with Crippen molar-refractivity contribution in [3.05, 3.63) is 70.4 Å². The molecule has 2 atom stereocenters. The number of hydrogen-bond donors (Lipinski definition) is 2. The van der Waals surface area contributed by atoms with E-state index in [9.17, 15) is 14.4 Å². The number of amides is 3. The molecule has 0 aliphatic rings. The van der Waals surface area contributed by atoms with Crippen LogP contribution in [0, 0.1) is 0 Å². The van der Waals surface area contributed by atoms with Crippen LogP contribution in [0.4, 0.5) is 0 Å². The zero-order valence-corrected chi connectivity index (χ0v) is 21.7. The zero-order valence-electron chi connectivity index (χ0n) is 20.8. The van der Waals surface area contributed by atoms with Gasteiger partial charge in [-0.25, -0.2) is 0 Å². The van der Waals surface area contributed by atoms with E-state index in [4.69, 9.17) is 16.2 Å². The van der Waals surface area contributed by atoms with Crippen LogP contribution in [-0.2, 0) is 32.1 Å². The van der Waals surface area contributed by atoms with Crippen molar-refractivity contribution in [2.45, 2.75) is 50.9 Å². The first kappa shape index (κ1) is 28.2. The molecule has 2 aromatic rings. The maximum Gasteiger partial charge on any atom is 0.248 e. The Bertz CT molecular complexity index is 987. The molecule has 4 N–H and O–H groups in total. The molecule has 1 heterocycles. The minimum Gasteiger partial charge on any atom is -0.374 e. The fraction of sp³-hybridized carbons (Fsp3) is 0.423. The van der Waals surface area contributed by atoms with E-state index in [1.807, 2.05) is 61.7 Å². The lowest BCUT2D eigenvalue weighted by Gasteiger charge is -2.33. The molecule has 0 saturated heterocycles. The predicted molar refractivity (Wildman–Crippen MR) is 138 cm³/mol. The Labute approximate surface area is 211 Å². The number of ether oxygens (including phenoxy) is 1. The van der Waals surface area contributed by atoms with Crippen molar-refractivity contribution in [2.75, 3.05) is 20.7 Å². The normalized spacial score (nSPS) is 13.4. The molecule has 0 aliphatic heterocycles. The summed E-state index contributed by atoms with van der Waals surface area (Å²) in [6.07, 6.45) is 3.90. The standard InChI is InChI=1S/C26H36N4O4S/c1-26(2,28)14-8-13-23(31)29(3)22(18-34-17-19-10-6-5-7-11-19)25(33)30(4)21(24(27)32)16-20-12-9-15-35-20/h5-13,15,21-22H,14,16-18,28H2,1-4H3,(H2,27,32)/b13-8+/t21-,22-/m1/s1. The van der Waals surface area contributed by atoms with Crippen LogP contribution in [0.1, 0.15) is 30.7 Å². The van der Waals surface area contributed by atoms with Crippen LogP contribution >= 0.6 is 11.3 Å². The molecule has 2 rings (SSSR count). The minimum atomic E-state index is -0.947. The van der Waals surface area contributed by atoms with E-state index in [0.717, 1.165) is 10.4 Å². The van der Waals surface area contributed by atoms with E-state index >= 15 is 0 Å². The van der Waals surface area contributed by atoms with Crippen LogP contribution in [0.5, 0.6) is 0 Å². The van der Waals surface area contributed by atoms with Gasteiger partial charge in [0.1, 0.15) is 12.1 Å². The largest absolute Gasteiger partial charge is 0.374 e. The van der Waals surface area contributed by atoms with Crippen LogP contribution in [0.2, 0.25) is 0 Å². The van der Waals surface area contributed by atoms with Crippen LogP contribution < -0.4 is 11.5 Å². The van der Waals surface area contributed by atoms with Gasteiger partial charge in [0.25, 0.3) is 0 Å². The van der Waals surface area contributed by atoms with Crippen LogP contribution in [-0.4, -0.2) is 65.8 Å². The van der Waals surface area contributed by atoms with Crippen molar-refractivity contribution >= 4 is 29.1 Å². The number of rotatable bonds is 13.